The first-order chi connectivity index (χ1) is 19.8. The lowest BCUT2D eigenvalue weighted by atomic mass is 9.99. The number of nitrogens with zero attached hydrogens (tertiary/aromatic N) is 2. The highest BCUT2D eigenvalue weighted by Gasteiger charge is 2.33. The molecular formula is C29H27Cl3N4O4S. The predicted octanol–water partition coefficient (Wildman–Crippen LogP) is 6.29. The van der Waals surface area contributed by atoms with Crippen LogP contribution in [0.5, 0.6) is 0 Å². The van der Waals surface area contributed by atoms with Crippen LogP contribution in [-0.4, -0.2) is 41.8 Å². The molecule has 2 heterocycles. The van der Waals surface area contributed by atoms with Gasteiger partial charge in [0, 0.05) is 24.3 Å². The zero-order valence-corrected chi connectivity index (χ0v) is 24.8. The summed E-state index contributed by atoms with van der Waals surface area (Å²) < 4.78 is 10.9. The van der Waals surface area contributed by atoms with Crippen LogP contribution in [0.2, 0.25) is 0 Å². The summed E-state index contributed by atoms with van der Waals surface area (Å²) >= 11 is 18.5. The minimum atomic E-state index is -2.02. The Bertz CT molecular complexity index is 1450. The van der Waals surface area contributed by atoms with Gasteiger partial charge >= 0.3 is 0 Å². The highest BCUT2D eigenvalue weighted by Crippen LogP contribution is 2.40. The van der Waals surface area contributed by atoms with Crippen LogP contribution in [0.15, 0.2) is 84.3 Å². The van der Waals surface area contributed by atoms with Gasteiger partial charge in [-0.3, -0.25) is 9.89 Å². The smallest absolute Gasteiger partial charge is 0.272 e. The van der Waals surface area contributed by atoms with E-state index < -0.39 is 16.0 Å². The maximum Gasteiger partial charge on any atom is 0.272 e. The largest absolute Gasteiger partial charge is 0.392 e. The third-order valence-corrected chi connectivity index (χ3v) is 8.07. The molecule has 1 amide bonds. The van der Waals surface area contributed by atoms with Crippen molar-refractivity contribution in [2.75, 3.05) is 5.75 Å². The van der Waals surface area contributed by atoms with E-state index in [0.29, 0.717) is 12.2 Å². The first kappa shape index (κ1) is 29.8. The molecule has 0 spiro atoms. The lowest BCUT2D eigenvalue weighted by Gasteiger charge is -2.36. The highest BCUT2D eigenvalue weighted by molar-refractivity contribution is 7.99. The van der Waals surface area contributed by atoms with E-state index in [1.807, 2.05) is 72.8 Å². The molecule has 0 radical (unpaired) electrons. The van der Waals surface area contributed by atoms with Crippen molar-refractivity contribution in [2.24, 2.45) is 0 Å². The molecule has 1 aromatic heterocycles. The molecule has 0 saturated carbocycles. The molecule has 1 fully saturated rings. The second-order valence-corrected chi connectivity index (χ2v) is 12.7. The number of aromatic nitrogens is 3. The van der Waals surface area contributed by atoms with Crippen LogP contribution in [0, 0.1) is 0 Å². The summed E-state index contributed by atoms with van der Waals surface area (Å²) in [7, 11) is 0. The van der Waals surface area contributed by atoms with E-state index in [0.717, 1.165) is 38.5 Å². The molecule has 41 heavy (non-hydrogen) atoms. The number of nitrogens with one attached hydrogen (secondary N) is 2. The summed E-state index contributed by atoms with van der Waals surface area (Å²) in [6, 6.07) is 23.6. The van der Waals surface area contributed by atoms with Crippen LogP contribution in [-0.2, 0) is 27.4 Å². The molecule has 3 atom stereocenters. The average Bonchev–Trinajstić information content (AvgIpc) is 3.52. The van der Waals surface area contributed by atoms with Crippen molar-refractivity contribution in [2.45, 2.75) is 47.0 Å². The van der Waals surface area contributed by atoms with Gasteiger partial charge in [0.2, 0.25) is 0 Å². The number of rotatable bonds is 9. The number of amides is 1. The predicted molar refractivity (Wildman–Crippen MR) is 160 cm³/mol. The van der Waals surface area contributed by atoms with E-state index in [9.17, 15) is 9.90 Å². The minimum Gasteiger partial charge on any atom is -0.392 e. The summed E-state index contributed by atoms with van der Waals surface area (Å²) in [5.74, 6) is -0.0138. The molecule has 1 aliphatic heterocycles. The number of carbonyl (C=O) groups excluding carboxylic acids is 1. The van der Waals surface area contributed by atoms with Gasteiger partial charge in [0.05, 0.1) is 18.8 Å². The van der Waals surface area contributed by atoms with E-state index in [2.05, 4.69) is 20.5 Å². The number of ether oxygens (including phenoxy) is 2. The summed E-state index contributed by atoms with van der Waals surface area (Å²) in [6.07, 6.45) is 1.24. The molecule has 214 valence electrons. The SMILES string of the molecule is O=C(NCc1cccc(-c2cccc(C3OC(CSc4ncn[nH]4)CC(c4ccc(CO)cc4)O3)c2)c1)C(Cl)(Cl)Cl. The minimum absolute atomic E-state index is 0.0126. The lowest BCUT2D eigenvalue weighted by molar-refractivity contribution is -0.245. The number of hydrogen-bond donors (Lipinski definition) is 3. The molecule has 8 nitrogen and oxygen atoms in total. The monoisotopic (exact) mass is 632 g/mol. The lowest BCUT2D eigenvalue weighted by Crippen LogP contribution is -2.33. The molecule has 0 bridgehead atoms. The van der Waals surface area contributed by atoms with E-state index in [1.54, 1.807) is 11.8 Å². The normalized spacial score (nSPS) is 19.2. The number of carbonyl (C=O) groups is 1. The second-order valence-electron chi connectivity index (χ2n) is 9.46. The Labute approximate surface area is 256 Å². The molecule has 4 aromatic rings. The maximum atomic E-state index is 12.0. The topological polar surface area (TPSA) is 109 Å². The molecule has 1 aliphatic rings. The summed E-state index contributed by atoms with van der Waals surface area (Å²) in [5, 5.41) is 19.6. The van der Waals surface area contributed by atoms with Gasteiger partial charge in [-0.1, -0.05) is 107 Å². The third kappa shape index (κ3) is 8.02. The Morgan fingerprint density at radius 2 is 1.76 bits per heavy atom. The van der Waals surface area contributed by atoms with Crippen LogP contribution in [0.25, 0.3) is 11.1 Å². The van der Waals surface area contributed by atoms with Crippen LogP contribution in [0.4, 0.5) is 0 Å². The molecule has 0 aliphatic carbocycles. The average molecular weight is 634 g/mol. The Balaban J connectivity index is 1.35. The van der Waals surface area contributed by atoms with Crippen molar-refractivity contribution in [3.05, 3.63) is 101 Å². The molecular weight excluding hydrogens is 607 g/mol. The van der Waals surface area contributed by atoms with Crippen LogP contribution in [0.1, 0.15) is 41.1 Å². The van der Waals surface area contributed by atoms with E-state index in [-0.39, 0.29) is 25.4 Å². The number of aliphatic hydroxyl groups excluding tert-OH is 1. The second kappa shape index (κ2) is 13.6. The Morgan fingerprint density at radius 3 is 2.46 bits per heavy atom. The Hall–Kier alpha value is -2.63. The van der Waals surface area contributed by atoms with Crippen LogP contribution in [0.3, 0.4) is 0 Å². The van der Waals surface area contributed by atoms with Crippen LogP contribution >= 0.6 is 46.6 Å². The summed E-state index contributed by atoms with van der Waals surface area (Å²) in [4.78, 5) is 16.2. The Morgan fingerprint density at radius 1 is 1.00 bits per heavy atom. The number of hydrogen-bond acceptors (Lipinski definition) is 7. The molecule has 3 aromatic carbocycles. The van der Waals surface area contributed by atoms with E-state index in [4.69, 9.17) is 44.3 Å². The quantitative estimate of drug-likeness (QED) is 0.147. The third-order valence-electron chi connectivity index (χ3n) is 6.54. The molecule has 1 saturated heterocycles. The van der Waals surface area contributed by atoms with Gasteiger partial charge in [0.15, 0.2) is 11.4 Å². The van der Waals surface area contributed by atoms with Crippen LogP contribution < -0.4 is 5.32 Å². The van der Waals surface area contributed by atoms with Gasteiger partial charge < -0.3 is 19.9 Å². The summed E-state index contributed by atoms with van der Waals surface area (Å²) in [5.41, 5.74) is 5.52. The molecule has 3 N–H and O–H groups in total. The fourth-order valence-electron chi connectivity index (χ4n) is 4.47. The van der Waals surface area contributed by atoms with Gasteiger partial charge in [0.1, 0.15) is 6.33 Å². The first-order valence-electron chi connectivity index (χ1n) is 12.8. The number of H-pyrrole nitrogens is 1. The van der Waals surface area contributed by atoms with Crippen molar-refractivity contribution >= 4 is 52.5 Å². The van der Waals surface area contributed by atoms with Gasteiger partial charge in [0.25, 0.3) is 9.70 Å². The fraction of sp³-hybridized carbons (Fsp3) is 0.276. The number of aliphatic hydroxyl groups is 1. The maximum absolute atomic E-state index is 12.0. The fourth-order valence-corrected chi connectivity index (χ4v) is 5.46. The number of alkyl halides is 3. The molecule has 12 heteroatoms. The number of aromatic amines is 1. The molecule has 3 unspecified atom stereocenters. The van der Waals surface area contributed by atoms with E-state index >= 15 is 0 Å². The number of halogens is 3. The van der Waals surface area contributed by atoms with Crippen molar-refractivity contribution in [1.29, 1.82) is 0 Å². The van der Waals surface area contributed by atoms with Crippen molar-refractivity contribution in [1.82, 2.24) is 20.5 Å². The zero-order chi connectivity index (χ0) is 28.8. The first-order valence-corrected chi connectivity index (χ1v) is 14.9. The van der Waals surface area contributed by atoms with Gasteiger partial charge in [-0.15, -0.1) is 0 Å². The molecule has 5 rings (SSSR count). The van der Waals surface area contributed by atoms with Gasteiger partial charge in [-0.25, -0.2) is 4.98 Å². The number of thioether (sulfide) groups is 1. The van der Waals surface area contributed by atoms with E-state index in [1.165, 1.54) is 6.33 Å². The standard InChI is InChI=1S/C29H27Cl3N4O4S/c30-29(31,32)27(38)33-14-19-3-1-4-21(11-19)22-5-2-6-23(12-22)26-39-24(16-41-28-34-17-35-36-28)13-25(40-26)20-9-7-18(15-37)8-10-20/h1-12,17,24-26,37H,13-16H2,(H,33,38)(H,34,35,36). The van der Waals surface area contributed by atoms with Crippen molar-refractivity contribution in [3.63, 3.8) is 0 Å². The number of benzene rings is 3. The van der Waals surface area contributed by atoms with Gasteiger partial charge in [-0.2, -0.15) is 5.10 Å². The van der Waals surface area contributed by atoms with Gasteiger partial charge in [-0.05, 0) is 39.9 Å². The van der Waals surface area contributed by atoms with Crippen molar-refractivity contribution in [3.8, 4) is 11.1 Å². The summed E-state index contributed by atoms with van der Waals surface area (Å²) in [6.45, 7) is 0.206. The highest BCUT2D eigenvalue weighted by atomic mass is 35.6. The van der Waals surface area contributed by atoms with Crippen molar-refractivity contribution < 1.29 is 19.4 Å². The Kier molecular flexibility index (Phi) is 9.87. The zero-order valence-electron chi connectivity index (χ0n) is 21.7.